The van der Waals surface area contributed by atoms with Crippen LogP contribution in [0.3, 0.4) is 0 Å². The van der Waals surface area contributed by atoms with E-state index in [2.05, 4.69) is 42.6 Å². The SMILES string of the molecule is CN(c1cnc(-c2ccc(-c3cn[nH]c3)cc2O)nn1)[C@@H]1C[C@H]2CCC[C@@H](C1)N2. The molecular weight excluding hydrogens is 366 g/mol. The quantitative estimate of drug-likeness (QED) is 0.628. The molecule has 0 radical (unpaired) electrons. The smallest absolute Gasteiger partial charge is 0.185 e. The number of nitrogens with one attached hydrogen (secondary N) is 2. The van der Waals surface area contributed by atoms with Gasteiger partial charge in [0.2, 0.25) is 0 Å². The zero-order valence-electron chi connectivity index (χ0n) is 16.4. The Labute approximate surface area is 169 Å². The van der Waals surface area contributed by atoms with Crippen molar-refractivity contribution in [2.24, 2.45) is 0 Å². The molecule has 8 heteroatoms. The van der Waals surface area contributed by atoms with Gasteiger partial charge in [0, 0.05) is 36.9 Å². The van der Waals surface area contributed by atoms with Crippen molar-refractivity contribution in [2.75, 3.05) is 11.9 Å². The summed E-state index contributed by atoms with van der Waals surface area (Å²) in [5.74, 6) is 1.31. The maximum Gasteiger partial charge on any atom is 0.185 e. The summed E-state index contributed by atoms with van der Waals surface area (Å²) in [4.78, 5) is 6.69. The Morgan fingerprint density at radius 1 is 1.07 bits per heavy atom. The summed E-state index contributed by atoms with van der Waals surface area (Å²) in [7, 11) is 2.08. The van der Waals surface area contributed by atoms with Crippen LogP contribution in [-0.2, 0) is 0 Å². The molecule has 0 unspecified atom stereocenters. The van der Waals surface area contributed by atoms with Gasteiger partial charge in [-0.25, -0.2) is 4.98 Å². The number of hydrogen-bond donors (Lipinski definition) is 3. The average Bonchev–Trinajstić information content (AvgIpc) is 3.28. The molecule has 2 aromatic heterocycles. The van der Waals surface area contributed by atoms with Gasteiger partial charge in [0.15, 0.2) is 11.6 Å². The summed E-state index contributed by atoms with van der Waals surface area (Å²) in [6, 6.07) is 7.10. The van der Waals surface area contributed by atoms with Crippen molar-refractivity contribution < 1.29 is 5.11 Å². The van der Waals surface area contributed by atoms with E-state index in [1.807, 2.05) is 12.1 Å². The number of phenolic OH excluding ortho intramolecular Hbond substituents is 1. The van der Waals surface area contributed by atoms with Gasteiger partial charge in [0.1, 0.15) is 5.75 Å². The van der Waals surface area contributed by atoms with Gasteiger partial charge in [-0.15, -0.1) is 10.2 Å². The number of anilines is 1. The second-order valence-electron chi connectivity index (χ2n) is 8.09. The Morgan fingerprint density at radius 3 is 2.55 bits per heavy atom. The summed E-state index contributed by atoms with van der Waals surface area (Å²) in [6.07, 6.45) is 11.4. The van der Waals surface area contributed by atoms with Gasteiger partial charge < -0.3 is 15.3 Å². The monoisotopic (exact) mass is 391 g/mol. The Bertz CT molecular complexity index is 961. The normalized spacial score (nSPS) is 23.7. The molecule has 8 nitrogen and oxygen atoms in total. The molecule has 150 valence electrons. The first kappa shape index (κ1) is 18.1. The van der Waals surface area contributed by atoms with Crippen LogP contribution >= 0.6 is 0 Å². The molecule has 0 aliphatic carbocycles. The topological polar surface area (TPSA) is 103 Å². The van der Waals surface area contributed by atoms with Crippen LogP contribution in [0.1, 0.15) is 32.1 Å². The number of hydrogen-bond acceptors (Lipinski definition) is 7. The predicted octanol–water partition coefficient (Wildman–Crippen LogP) is 2.74. The summed E-state index contributed by atoms with van der Waals surface area (Å²) in [5.41, 5.74) is 2.35. The third-order valence-corrected chi connectivity index (χ3v) is 6.22. The van der Waals surface area contributed by atoms with E-state index in [1.54, 1.807) is 24.7 Å². The number of fused-ring (bicyclic) bond motifs is 2. The third-order valence-electron chi connectivity index (χ3n) is 6.22. The Balaban J connectivity index is 1.33. The number of piperidine rings is 2. The fourth-order valence-electron chi connectivity index (χ4n) is 4.60. The van der Waals surface area contributed by atoms with Crippen molar-refractivity contribution >= 4 is 5.82 Å². The van der Waals surface area contributed by atoms with Crippen LogP contribution in [0, 0.1) is 0 Å². The molecule has 2 saturated heterocycles. The highest BCUT2D eigenvalue weighted by atomic mass is 16.3. The molecule has 2 bridgehead atoms. The molecule has 0 amide bonds. The summed E-state index contributed by atoms with van der Waals surface area (Å²) in [5, 5.41) is 29.6. The van der Waals surface area contributed by atoms with Crippen molar-refractivity contribution in [1.29, 1.82) is 0 Å². The van der Waals surface area contributed by atoms with Crippen molar-refractivity contribution in [3.05, 3.63) is 36.8 Å². The van der Waals surface area contributed by atoms with Gasteiger partial charge in [0.25, 0.3) is 0 Å². The van der Waals surface area contributed by atoms with Gasteiger partial charge >= 0.3 is 0 Å². The van der Waals surface area contributed by atoms with E-state index in [9.17, 15) is 5.11 Å². The first-order valence-electron chi connectivity index (χ1n) is 10.2. The lowest BCUT2D eigenvalue weighted by Gasteiger charge is -2.43. The molecule has 2 fully saturated rings. The van der Waals surface area contributed by atoms with E-state index in [1.165, 1.54) is 19.3 Å². The van der Waals surface area contributed by atoms with Crippen molar-refractivity contribution in [1.82, 2.24) is 30.7 Å². The van der Waals surface area contributed by atoms with Crippen LogP contribution in [0.4, 0.5) is 5.82 Å². The first-order chi connectivity index (χ1) is 14.2. The van der Waals surface area contributed by atoms with Crippen LogP contribution in [-0.4, -0.2) is 55.7 Å². The number of nitrogens with zero attached hydrogens (tertiary/aromatic N) is 5. The maximum atomic E-state index is 10.5. The molecule has 1 aromatic carbocycles. The molecule has 0 spiro atoms. The molecule has 2 aliphatic heterocycles. The highest BCUT2D eigenvalue weighted by molar-refractivity contribution is 5.72. The molecule has 3 aromatic rings. The molecule has 2 aliphatic rings. The lowest BCUT2D eigenvalue weighted by molar-refractivity contribution is 0.219. The van der Waals surface area contributed by atoms with E-state index in [0.717, 1.165) is 29.8 Å². The molecule has 3 N–H and O–H groups in total. The number of aromatic nitrogens is 5. The van der Waals surface area contributed by atoms with Crippen molar-refractivity contribution in [3.8, 4) is 28.3 Å². The van der Waals surface area contributed by atoms with Crippen LogP contribution in [0.25, 0.3) is 22.5 Å². The predicted molar refractivity (Wildman–Crippen MR) is 110 cm³/mol. The lowest BCUT2D eigenvalue weighted by Crippen LogP contribution is -2.54. The first-order valence-corrected chi connectivity index (χ1v) is 10.2. The van der Waals surface area contributed by atoms with E-state index in [-0.39, 0.29) is 5.75 Å². The zero-order chi connectivity index (χ0) is 19.8. The van der Waals surface area contributed by atoms with E-state index in [0.29, 0.717) is 29.5 Å². The van der Waals surface area contributed by atoms with Gasteiger partial charge in [-0.1, -0.05) is 12.5 Å². The standard InChI is InChI=1S/C21H25N7O/c1-28(17-8-15-3-2-4-16(9-17)25-15)20-12-22-21(27-26-20)18-6-5-13(7-19(18)29)14-10-23-24-11-14/h5-7,10-12,15-17,25,29H,2-4,8-9H2,1H3,(H,23,24)/t15-,16+,17-. The molecule has 3 atom stereocenters. The van der Waals surface area contributed by atoms with Gasteiger partial charge in [0.05, 0.1) is 18.0 Å². The largest absolute Gasteiger partial charge is 0.507 e. The summed E-state index contributed by atoms with van der Waals surface area (Å²) >= 11 is 0. The molecular formula is C21H25N7O. The number of benzene rings is 1. The Hall–Kier alpha value is -3.00. The van der Waals surface area contributed by atoms with Crippen LogP contribution in [0.5, 0.6) is 5.75 Å². The minimum Gasteiger partial charge on any atom is -0.507 e. The fraction of sp³-hybridized carbons (Fsp3) is 0.429. The highest BCUT2D eigenvalue weighted by Crippen LogP contribution is 2.32. The Morgan fingerprint density at radius 2 is 1.90 bits per heavy atom. The molecule has 0 saturated carbocycles. The van der Waals surface area contributed by atoms with E-state index >= 15 is 0 Å². The zero-order valence-corrected chi connectivity index (χ0v) is 16.4. The van der Waals surface area contributed by atoms with Crippen LogP contribution < -0.4 is 10.2 Å². The number of H-pyrrole nitrogens is 1. The van der Waals surface area contributed by atoms with Crippen molar-refractivity contribution in [3.63, 3.8) is 0 Å². The molecule has 4 heterocycles. The second-order valence-corrected chi connectivity index (χ2v) is 8.09. The average molecular weight is 391 g/mol. The molecule has 5 rings (SSSR count). The van der Waals surface area contributed by atoms with E-state index in [4.69, 9.17) is 0 Å². The fourth-order valence-corrected chi connectivity index (χ4v) is 4.60. The minimum absolute atomic E-state index is 0.123. The van der Waals surface area contributed by atoms with Crippen molar-refractivity contribution in [2.45, 2.75) is 50.2 Å². The highest BCUT2D eigenvalue weighted by Gasteiger charge is 2.33. The number of aromatic amines is 1. The lowest BCUT2D eigenvalue weighted by atomic mass is 9.83. The number of aromatic hydroxyl groups is 1. The Kier molecular flexibility index (Phi) is 4.63. The van der Waals surface area contributed by atoms with Crippen LogP contribution in [0.15, 0.2) is 36.8 Å². The van der Waals surface area contributed by atoms with E-state index < -0.39 is 0 Å². The van der Waals surface area contributed by atoms with Gasteiger partial charge in [-0.3, -0.25) is 5.10 Å². The summed E-state index contributed by atoms with van der Waals surface area (Å²) in [6.45, 7) is 0. The van der Waals surface area contributed by atoms with Gasteiger partial charge in [-0.2, -0.15) is 5.10 Å². The molecule has 29 heavy (non-hydrogen) atoms. The third kappa shape index (κ3) is 3.55. The minimum atomic E-state index is 0.123. The second kappa shape index (κ2) is 7.44. The van der Waals surface area contributed by atoms with Gasteiger partial charge in [-0.05, 0) is 43.4 Å². The number of rotatable bonds is 4. The summed E-state index contributed by atoms with van der Waals surface area (Å²) < 4.78 is 0. The number of phenols is 1. The van der Waals surface area contributed by atoms with Crippen LogP contribution in [0.2, 0.25) is 0 Å². The maximum absolute atomic E-state index is 10.5.